The Hall–Kier alpha value is -5.35. The zero-order valence-corrected chi connectivity index (χ0v) is 22.1. The van der Waals surface area contributed by atoms with Crippen molar-refractivity contribution in [3.05, 3.63) is 107 Å². The van der Waals surface area contributed by atoms with Gasteiger partial charge in [0.1, 0.15) is 29.0 Å². The van der Waals surface area contributed by atoms with Crippen LogP contribution in [0.4, 0.5) is 0 Å². The Morgan fingerprint density at radius 3 is 2.38 bits per heavy atom. The molecular weight excluding hydrogens is 486 g/mol. The van der Waals surface area contributed by atoms with Crippen molar-refractivity contribution in [2.24, 2.45) is 10.7 Å². The average Bonchev–Trinajstić information content (AvgIpc) is 3.29. The highest BCUT2D eigenvalue weighted by Gasteiger charge is 2.13. The van der Waals surface area contributed by atoms with Crippen molar-refractivity contribution >= 4 is 30.6 Å². The van der Waals surface area contributed by atoms with Gasteiger partial charge in [-0.05, 0) is 60.5 Å². The molecule has 0 saturated heterocycles. The van der Waals surface area contributed by atoms with E-state index in [0.29, 0.717) is 27.7 Å². The Kier molecular flexibility index (Phi) is 8.08. The number of nitriles is 1. The number of hydrogen-bond acceptors (Lipinski definition) is 5. The molecule has 1 heterocycles. The largest absolute Gasteiger partial charge is 0.457 e. The zero-order chi connectivity index (χ0) is 27.9. The van der Waals surface area contributed by atoms with Gasteiger partial charge in [-0.2, -0.15) is 5.26 Å². The van der Waals surface area contributed by atoms with E-state index in [2.05, 4.69) is 11.6 Å². The lowest BCUT2D eigenvalue weighted by Gasteiger charge is -2.09. The number of likely N-dealkylation sites (N-methyl/N-ethyl adjacent to an activating group) is 1. The van der Waals surface area contributed by atoms with E-state index in [9.17, 15) is 10.1 Å². The highest BCUT2D eigenvalue weighted by molar-refractivity contribution is 6.01. The summed E-state index contributed by atoms with van der Waals surface area (Å²) in [6.45, 7) is 6.12. The first-order valence-corrected chi connectivity index (χ1v) is 12.3. The summed E-state index contributed by atoms with van der Waals surface area (Å²) >= 11 is 0. The van der Waals surface area contributed by atoms with Gasteiger partial charge < -0.3 is 19.9 Å². The standard InChI is InChI=1S/C32H29N5O2/c1-5-35-31(34)30-22(2)37(26-11-9-10-23(19-26)18-25(20-33)32(38)36(3)4)21-29(30)24-14-16-28(17-15-24)39-27-12-7-6-8-13-27/h5-19,21H,2,34H2,1,3-4H3/b25-18+,31-30+,35-5?. The van der Waals surface area contributed by atoms with Crippen molar-refractivity contribution in [3.8, 4) is 34.4 Å². The summed E-state index contributed by atoms with van der Waals surface area (Å²) in [4.78, 5) is 18.0. The Morgan fingerprint density at radius 1 is 1.05 bits per heavy atom. The second-order valence-corrected chi connectivity index (χ2v) is 8.91. The minimum atomic E-state index is -0.356. The smallest absolute Gasteiger partial charge is 0.264 e. The van der Waals surface area contributed by atoms with Crippen LogP contribution < -0.4 is 21.0 Å². The van der Waals surface area contributed by atoms with E-state index in [-0.39, 0.29) is 11.5 Å². The molecule has 7 heteroatoms. The van der Waals surface area contributed by atoms with Crippen molar-refractivity contribution in [2.75, 3.05) is 14.1 Å². The van der Waals surface area contributed by atoms with E-state index in [4.69, 9.17) is 10.5 Å². The van der Waals surface area contributed by atoms with Crippen molar-refractivity contribution in [2.45, 2.75) is 6.92 Å². The lowest BCUT2D eigenvalue weighted by molar-refractivity contribution is -0.124. The van der Waals surface area contributed by atoms with Crippen LogP contribution in [0.2, 0.25) is 0 Å². The molecule has 0 bridgehead atoms. The van der Waals surface area contributed by atoms with Gasteiger partial charge in [-0.15, -0.1) is 0 Å². The van der Waals surface area contributed by atoms with E-state index in [1.165, 1.54) is 4.90 Å². The van der Waals surface area contributed by atoms with Crippen LogP contribution in [0.25, 0.3) is 35.3 Å². The predicted octanol–water partition coefficient (Wildman–Crippen LogP) is 4.46. The third-order valence-electron chi connectivity index (χ3n) is 5.99. The number of nitrogens with two attached hydrogens (primary N) is 1. The van der Waals surface area contributed by atoms with Gasteiger partial charge >= 0.3 is 0 Å². The number of aliphatic imine (C=N–C) groups is 1. The van der Waals surface area contributed by atoms with E-state index in [0.717, 1.165) is 22.6 Å². The first kappa shape index (κ1) is 26.7. The third-order valence-corrected chi connectivity index (χ3v) is 5.99. The molecule has 194 valence electrons. The Morgan fingerprint density at radius 2 is 1.74 bits per heavy atom. The summed E-state index contributed by atoms with van der Waals surface area (Å²) in [5.74, 6) is 1.46. The zero-order valence-electron chi connectivity index (χ0n) is 22.1. The van der Waals surface area contributed by atoms with Gasteiger partial charge in [0.05, 0.1) is 0 Å². The van der Waals surface area contributed by atoms with Gasteiger partial charge in [0.2, 0.25) is 0 Å². The molecule has 1 aromatic heterocycles. The van der Waals surface area contributed by atoms with Gasteiger partial charge in [-0.25, -0.2) is 4.99 Å². The fourth-order valence-corrected chi connectivity index (χ4v) is 4.13. The maximum atomic E-state index is 12.3. The van der Waals surface area contributed by atoms with Crippen LogP contribution in [-0.4, -0.2) is 35.7 Å². The molecule has 39 heavy (non-hydrogen) atoms. The SMILES string of the molecule is C=c1/c(=C(/N)N=CC)c(-c2ccc(Oc3ccccc3)cc2)cn1-c1cccc(/C=C(\C#N)C(=O)N(C)C)c1. The number of para-hydroxylation sites is 1. The quantitative estimate of drug-likeness (QED) is 0.223. The fourth-order valence-electron chi connectivity index (χ4n) is 4.13. The Bertz CT molecular complexity index is 1710. The Labute approximate surface area is 227 Å². The molecule has 0 aliphatic rings. The van der Waals surface area contributed by atoms with Crippen LogP contribution >= 0.6 is 0 Å². The lowest BCUT2D eigenvalue weighted by atomic mass is 10.1. The number of carbonyl (C=O) groups is 1. The molecular formula is C32H29N5O2. The monoisotopic (exact) mass is 515 g/mol. The molecule has 0 saturated carbocycles. The summed E-state index contributed by atoms with van der Waals surface area (Å²) in [5.41, 5.74) is 9.73. The summed E-state index contributed by atoms with van der Waals surface area (Å²) < 4.78 is 7.87. The molecule has 3 aromatic carbocycles. The molecule has 4 rings (SSSR count). The minimum Gasteiger partial charge on any atom is -0.457 e. The molecule has 0 spiro atoms. The molecule has 2 N–H and O–H groups in total. The number of amides is 1. The molecule has 7 nitrogen and oxygen atoms in total. The number of rotatable bonds is 7. The van der Waals surface area contributed by atoms with Crippen LogP contribution in [0.3, 0.4) is 0 Å². The number of carbonyl (C=O) groups excluding carboxylic acids is 1. The first-order valence-electron chi connectivity index (χ1n) is 12.3. The van der Waals surface area contributed by atoms with Crippen molar-refractivity contribution in [1.82, 2.24) is 9.47 Å². The van der Waals surface area contributed by atoms with Crippen LogP contribution in [0, 0.1) is 11.3 Å². The van der Waals surface area contributed by atoms with E-state index >= 15 is 0 Å². The predicted molar refractivity (Wildman–Crippen MR) is 157 cm³/mol. The highest BCUT2D eigenvalue weighted by Crippen LogP contribution is 2.25. The van der Waals surface area contributed by atoms with Crippen LogP contribution in [0.15, 0.2) is 95.6 Å². The summed E-state index contributed by atoms with van der Waals surface area (Å²) in [6, 6.07) is 26.8. The second kappa shape index (κ2) is 11.8. The van der Waals surface area contributed by atoms with Crippen molar-refractivity contribution in [3.63, 3.8) is 0 Å². The van der Waals surface area contributed by atoms with Gasteiger partial charge in [0, 0.05) is 48.3 Å². The molecule has 0 aliphatic heterocycles. The summed E-state index contributed by atoms with van der Waals surface area (Å²) in [6.07, 6.45) is 5.18. The maximum Gasteiger partial charge on any atom is 0.264 e. The maximum absolute atomic E-state index is 12.3. The minimum absolute atomic E-state index is 0.0496. The summed E-state index contributed by atoms with van der Waals surface area (Å²) in [7, 11) is 3.23. The first-order chi connectivity index (χ1) is 18.8. The van der Waals surface area contributed by atoms with Crippen LogP contribution in [0.5, 0.6) is 11.5 Å². The molecule has 4 aromatic rings. The fraction of sp³-hybridized carbons (Fsp3) is 0.0938. The van der Waals surface area contributed by atoms with Crippen molar-refractivity contribution < 1.29 is 9.53 Å². The van der Waals surface area contributed by atoms with E-state index in [1.54, 1.807) is 33.3 Å². The van der Waals surface area contributed by atoms with E-state index < -0.39 is 0 Å². The van der Waals surface area contributed by atoms with Crippen LogP contribution in [0.1, 0.15) is 12.5 Å². The molecule has 0 unspecified atom stereocenters. The number of benzene rings is 3. The lowest BCUT2D eigenvalue weighted by Crippen LogP contribution is -2.31. The number of aromatic nitrogens is 1. The van der Waals surface area contributed by atoms with Gasteiger partial charge in [-0.1, -0.05) is 49.0 Å². The van der Waals surface area contributed by atoms with Gasteiger partial charge in [0.25, 0.3) is 5.91 Å². The number of hydrogen-bond donors (Lipinski definition) is 1. The van der Waals surface area contributed by atoms with Gasteiger partial charge in [-0.3, -0.25) is 4.79 Å². The average molecular weight is 516 g/mol. The van der Waals surface area contributed by atoms with Crippen LogP contribution in [-0.2, 0) is 4.79 Å². The Balaban J connectivity index is 1.79. The molecule has 0 radical (unpaired) electrons. The normalized spacial score (nSPS) is 12.2. The third kappa shape index (κ3) is 5.97. The topological polar surface area (TPSA) is 96.6 Å². The van der Waals surface area contributed by atoms with E-state index in [1.807, 2.05) is 95.7 Å². The summed E-state index contributed by atoms with van der Waals surface area (Å²) in [5, 5.41) is 10.9. The number of ether oxygens (including phenoxy) is 1. The molecule has 0 fully saturated rings. The number of nitrogens with zero attached hydrogens (tertiary/aromatic N) is 4. The molecule has 1 amide bonds. The second-order valence-electron chi connectivity index (χ2n) is 8.91. The van der Waals surface area contributed by atoms with Gasteiger partial charge in [0.15, 0.2) is 0 Å². The highest BCUT2D eigenvalue weighted by atomic mass is 16.5. The van der Waals surface area contributed by atoms with Crippen molar-refractivity contribution in [1.29, 1.82) is 5.26 Å². The molecule has 0 atom stereocenters. The molecule has 0 aliphatic carbocycles.